The van der Waals surface area contributed by atoms with E-state index in [1.165, 1.54) is 80.0 Å². The third-order valence-electron chi connectivity index (χ3n) is 7.87. The molecule has 42 heavy (non-hydrogen) atoms. The third kappa shape index (κ3) is 14.9. The van der Waals surface area contributed by atoms with E-state index in [-0.39, 0.29) is 20.4 Å². The van der Waals surface area contributed by atoms with Crippen molar-refractivity contribution in [3.05, 3.63) is 58.7 Å². The van der Waals surface area contributed by atoms with Crippen LogP contribution < -0.4 is 0 Å². The normalized spacial score (nSPS) is 11.7. The molecule has 2 nitrogen and oxygen atoms in total. The van der Waals surface area contributed by atoms with Gasteiger partial charge in [-0.25, -0.2) is 4.99 Å². The van der Waals surface area contributed by atoms with Crippen LogP contribution in [0.3, 0.4) is 0 Å². The summed E-state index contributed by atoms with van der Waals surface area (Å²) in [5, 5.41) is 0. The van der Waals surface area contributed by atoms with Gasteiger partial charge in [0, 0.05) is 26.8 Å². The van der Waals surface area contributed by atoms with Gasteiger partial charge in [-0.2, -0.15) is 0 Å². The van der Waals surface area contributed by atoms with E-state index in [9.17, 15) is 0 Å². The van der Waals surface area contributed by atoms with Gasteiger partial charge in [0.25, 0.3) is 0 Å². The Kier molecular flexibility index (Phi) is 21.2. The van der Waals surface area contributed by atoms with Crippen molar-refractivity contribution in [3.8, 4) is 11.8 Å². The van der Waals surface area contributed by atoms with Crippen molar-refractivity contribution in [2.24, 2.45) is 9.98 Å². The summed E-state index contributed by atoms with van der Waals surface area (Å²) in [4.78, 5) is 10.5. The van der Waals surface area contributed by atoms with Crippen LogP contribution in [0.4, 0.5) is 11.4 Å². The number of rotatable bonds is 19. The topological polar surface area (TPSA) is 24.7 Å². The molecule has 0 N–H and O–H groups in total. The van der Waals surface area contributed by atoms with Crippen molar-refractivity contribution in [3.63, 3.8) is 0 Å². The molecule has 234 valence electrons. The predicted octanol–water partition coefficient (Wildman–Crippen LogP) is 11.9. The van der Waals surface area contributed by atoms with Crippen molar-refractivity contribution in [2.45, 2.75) is 151 Å². The van der Waals surface area contributed by atoms with Gasteiger partial charge in [-0.1, -0.05) is 117 Å². The molecule has 0 unspecified atom stereocenters. The Morgan fingerprint density at radius 3 is 1.40 bits per heavy atom. The number of hydrogen-bond acceptors (Lipinski definition) is 2. The average molecular weight is 661 g/mol. The molecule has 2 rings (SSSR count). The van der Waals surface area contributed by atoms with Gasteiger partial charge in [-0.3, -0.25) is 4.99 Å². The molecule has 0 aromatic heterocycles. The first-order valence-electron chi connectivity index (χ1n) is 17.0. The monoisotopic (exact) mass is 660 g/mol. The molecule has 0 amide bonds. The van der Waals surface area contributed by atoms with Gasteiger partial charge >= 0.3 is 0 Å². The van der Waals surface area contributed by atoms with E-state index >= 15 is 0 Å². The third-order valence-corrected chi connectivity index (χ3v) is 7.87. The van der Waals surface area contributed by atoms with Gasteiger partial charge in [0.15, 0.2) is 0 Å². The fraction of sp³-hybridized carbons (Fsp3) is 0.590. The maximum Gasteiger partial charge on any atom is 0.135 e. The number of nitrogens with zero attached hydrogens (tertiary/aromatic N) is 2. The number of hydrogen-bond donors (Lipinski definition) is 0. The van der Waals surface area contributed by atoms with E-state index in [1.807, 2.05) is 0 Å². The molecule has 0 aliphatic carbocycles. The van der Waals surface area contributed by atoms with Crippen molar-refractivity contribution in [1.82, 2.24) is 0 Å². The Hall–Kier alpha value is -2.00. The van der Waals surface area contributed by atoms with Crippen LogP contribution >= 0.6 is 0 Å². The zero-order valence-electron chi connectivity index (χ0n) is 27.7. The Bertz CT molecular complexity index is 1100. The standard InChI is InChI=1S/C39H58N2.Pd/c1-7-13-15-16-17-18-19-20-21-22-23-25-39(41-37-30-34(11-5)27-35(12-6)31-37)38(24-14-8-2)40-36-28-32(9-3)26-33(10-4)29-36;/h26-31H,7-22,24H2,1-6H3;. The molecular formula is C39H58N2Pd. The van der Waals surface area contributed by atoms with Gasteiger partial charge < -0.3 is 0 Å². The second-order valence-electron chi connectivity index (χ2n) is 11.4. The average Bonchev–Trinajstić information content (AvgIpc) is 3.00. The largest absolute Gasteiger partial charge is 0.250 e. The quantitative estimate of drug-likeness (QED) is 0.0620. The summed E-state index contributed by atoms with van der Waals surface area (Å²) in [6.45, 7) is 13.4. The van der Waals surface area contributed by atoms with Crippen LogP contribution in [0.25, 0.3) is 0 Å². The van der Waals surface area contributed by atoms with Gasteiger partial charge in [0.05, 0.1) is 17.1 Å². The minimum atomic E-state index is 0. The van der Waals surface area contributed by atoms with Gasteiger partial charge in [-0.05, 0) is 97.4 Å². The van der Waals surface area contributed by atoms with Crippen LogP contribution in [0.1, 0.15) is 147 Å². The van der Waals surface area contributed by atoms with E-state index in [0.29, 0.717) is 0 Å². The summed E-state index contributed by atoms with van der Waals surface area (Å²) in [5.74, 6) is 7.03. The number of aliphatic imine (C=N–C) groups is 2. The van der Waals surface area contributed by atoms with Crippen LogP contribution in [-0.4, -0.2) is 11.4 Å². The van der Waals surface area contributed by atoms with Crippen molar-refractivity contribution in [1.29, 1.82) is 0 Å². The van der Waals surface area contributed by atoms with Crippen LogP contribution in [0.5, 0.6) is 0 Å². The predicted molar refractivity (Wildman–Crippen MR) is 184 cm³/mol. The summed E-state index contributed by atoms with van der Waals surface area (Å²) in [6, 6.07) is 13.6. The second kappa shape index (κ2) is 23.5. The molecule has 0 radical (unpaired) electrons. The van der Waals surface area contributed by atoms with Gasteiger partial charge in [0.1, 0.15) is 5.71 Å². The zero-order valence-corrected chi connectivity index (χ0v) is 29.3. The molecule has 0 aliphatic rings. The fourth-order valence-electron chi connectivity index (χ4n) is 5.12. The van der Waals surface area contributed by atoms with Crippen molar-refractivity contribution >= 4 is 22.8 Å². The molecule has 0 heterocycles. The molecule has 2 aromatic rings. The molecule has 0 saturated carbocycles. The summed E-state index contributed by atoms with van der Waals surface area (Å²) in [6.07, 6.45) is 20.1. The van der Waals surface area contributed by atoms with Crippen LogP contribution in [0.15, 0.2) is 46.4 Å². The molecule has 3 heteroatoms. The first-order valence-corrected chi connectivity index (χ1v) is 17.0. The van der Waals surface area contributed by atoms with E-state index < -0.39 is 0 Å². The second-order valence-corrected chi connectivity index (χ2v) is 11.4. The Morgan fingerprint density at radius 1 is 0.524 bits per heavy atom. The van der Waals surface area contributed by atoms with E-state index in [4.69, 9.17) is 9.98 Å². The molecule has 0 bridgehead atoms. The SMILES string of the molecule is CCCCCCCCCCCC#CC(=Nc1cc(CC)cc(CC)c1)C(CCCC)=Nc1cc(CC)cc(CC)c1.[Pd]. The summed E-state index contributed by atoms with van der Waals surface area (Å²) >= 11 is 0. The van der Waals surface area contributed by atoms with Gasteiger partial charge in [-0.15, -0.1) is 0 Å². The maximum atomic E-state index is 5.25. The van der Waals surface area contributed by atoms with Crippen LogP contribution in [0, 0.1) is 11.8 Å². The molecule has 0 spiro atoms. The molecule has 0 saturated heterocycles. The van der Waals surface area contributed by atoms with Gasteiger partial charge in [0.2, 0.25) is 0 Å². The van der Waals surface area contributed by atoms with E-state index in [0.717, 1.165) is 74.2 Å². The van der Waals surface area contributed by atoms with E-state index in [1.54, 1.807) is 0 Å². The summed E-state index contributed by atoms with van der Waals surface area (Å²) in [5.41, 5.74) is 9.28. The Labute approximate surface area is 273 Å². The zero-order chi connectivity index (χ0) is 29.7. The molecule has 2 aromatic carbocycles. The van der Waals surface area contributed by atoms with Crippen molar-refractivity contribution < 1.29 is 20.4 Å². The molecule has 0 aliphatic heterocycles. The first kappa shape index (κ1) is 38.0. The molecule has 0 fully saturated rings. The van der Waals surface area contributed by atoms with Crippen LogP contribution in [0.2, 0.25) is 0 Å². The minimum Gasteiger partial charge on any atom is -0.250 e. The summed E-state index contributed by atoms with van der Waals surface area (Å²) in [7, 11) is 0. The maximum absolute atomic E-state index is 5.25. The minimum absolute atomic E-state index is 0. The first-order chi connectivity index (χ1) is 20.1. The Morgan fingerprint density at radius 2 is 0.952 bits per heavy atom. The summed E-state index contributed by atoms with van der Waals surface area (Å²) < 4.78 is 0. The number of unbranched alkanes of at least 4 members (excludes halogenated alkanes) is 10. The Balaban J connectivity index is 0.00000882. The molecular weight excluding hydrogens is 603 g/mol. The van der Waals surface area contributed by atoms with Crippen molar-refractivity contribution in [2.75, 3.05) is 0 Å². The van der Waals surface area contributed by atoms with Crippen LogP contribution in [-0.2, 0) is 46.1 Å². The van der Waals surface area contributed by atoms with E-state index in [2.05, 4.69) is 89.8 Å². The molecule has 0 atom stereocenters. The smallest absolute Gasteiger partial charge is 0.135 e. The number of aryl methyl sites for hydroxylation is 4. The number of benzene rings is 2. The fourth-order valence-corrected chi connectivity index (χ4v) is 5.12.